The van der Waals surface area contributed by atoms with Crippen molar-refractivity contribution < 1.29 is 14.0 Å². The minimum atomic E-state index is -0.282. The summed E-state index contributed by atoms with van der Waals surface area (Å²) < 4.78 is 5.02. The molecule has 0 saturated carbocycles. The van der Waals surface area contributed by atoms with E-state index < -0.39 is 0 Å². The molecule has 1 aromatic carbocycles. The molecule has 0 fully saturated rings. The maximum atomic E-state index is 12.6. The van der Waals surface area contributed by atoms with Gasteiger partial charge in [0.2, 0.25) is 5.91 Å². The smallest absolute Gasteiger partial charge is 0.287 e. The summed E-state index contributed by atoms with van der Waals surface area (Å²) in [4.78, 5) is 24.3. The molecule has 128 valence electrons. The lowest BCUT2D eigenvalue weighted by molar-refractivity contribution is -0.123. The second-order valence-electron chi connectivity index (χ2n) is 5.80. The van der Waals surface area contributed by atoms with Crippen LogP contribution in [-0.2, 0) is 4.79 Å². The van der Waals surface area contributed by atoms with Gasteiger partial charge in [0.05, 0.1) is 12.2 Å². The van der Waals surface area contributed by atoms with Crippen LogP contribution in [0.2, 0.25) is 0 Å². The number of amides is 2. The van der Waals surface area contributed by atoms with Crippen molar-refractivity contribution in [2.75, 3.05) is 13.1 Å². The summed E-state index contributed by atoms with van der Waals surface area (Å²) in [6.45, 7) is 4.89. The fraction of sp³-hybridized carbons (Fsp3) is 0.368. The molecule has 0 saturated heterocycles. The van der Waals surface area contributed by atoms with Crippen molar-refractivity contribution in [3.63, 3.8) is 0 Å². The van der Waals surface area contributed by atoms with Gasteiger partial charge in [0.15, 0.2) is 5.76 Å². The number of furan rings is 1. The zero-order valence-corrected chi connectivity index (χ0v) is 14.1. The van der Waals surface area contributed by atoms with Crippen molar-refractivity contribution in [3.05, 3.63) is 60.1 Å². The topological polar surface area (TPSA) is 71.3 Å². The number of carbonyl (C=O) groups is 2. The molecular formula is C19H24N2O3. The van der Waals surface area contributed by atoms with E-state index in [0.29, 0.717) is 13.1 Å². The van der Waals surface area contributed by atoms with E-state index in [4.69, 9.17) is 4.42 Å². The average molecular weight is 328 g/mol. The van der Waals surface area contributed by atoms with Crippen molar-refractivity contribution >= 4 is 11.8 Å². The first-order valence-corrected chi connectivity index (χ1v) is 8.27. The lowest BCUT2D eigenvalue weighted by Crippen LogP contribution is -2.38. The van der Waals surface area contributed by atoms with Crippen molar-refractivity contribution in [1.82, 2.24) is 10.6 Å². The first kappa shape index (κ1) is 17.8. The van der Waals surface area contributed by atoms with E-state index in [1.165, 1.54) is 6.26 Å². The molecular weight excluding hydrogens is 304 g/mol. The highest BCUT2D eigenvalue weighted by atomic mass is 16.3. The van der Waals surface area contributed by atoms with Gasteiger partial charge < -0.3 is 15.1 Å². The van der Waals surface area contributed by atoms with Gasteiger partial charge in [-0.3, -0.25) is 9.59 Å². The first-order chi connectivity index (χ1) is 11.6. The lowest BCUT2D eigenvalue weighted by atomic mass is 9.85. The van der Waals surface area contributed by atoms with Crippen LogP contribution < -0.4 is 10.6 Å². The Balaban J connectivity index is 1.86. The predicted octanol–water partition coefficient (Wildman–Crippen LogP) is 2.96. The highest BCUT2D eigenvalue weighted by Crippen LogP contribution is 2.26. The third kappa shape index (κ3) is 4.72. The van der Waals surface area contributed by atoms with Crippen LogP contribution in [0, 0.1) is 5.92 Å². The highest BCUT2D eigenvalue weighted by Gasteiger charge is 2.25. The number of nitrogens with one attached hydrogen (secondary N) is 2. The van der Waals surface area contributed by atoms with Gasteiger partial charge in [-0.05, 0) is 23.6 Å². The standard InChI is InChI=1S/C19H24N2O3/c1-3-14(2)17(15-8-5-4-6-9-15)19(23)21-12-11-20-18(22)16-10-7-13-24-16/h4-10,13-14,17H,3,11-12H2,1-2H3,(H,20,22)(H,21,23). The normalized spacial score (nSPS) is 13.1. The van der Waals surface area contributed by atoms with Crippen LogP contribution in [0.15, 0.2) is 53.1 Å². The fourth-order valence-electron chi connectivity index (χ4n) is 2.60. The fourth-order valence-corrected chi connectivity index (χ4v) is 2.60. The van der Waals surface area contributed by atoms with E-state index in [2.05, 4.69) is 24.5 Å². The minimum Gasteiger partial charge on any atom is -0.459 e. The Morgan fingerprint density at radius 3 is 2.38 bits per heavy atom. The monoisotopic (exact) mass is 328 g/mol. The molecule has 0 bridgehead atoms. The molecule has 0 aliphatic carbocycles. The van der Waals surface area contributed by atoms with Gasteiger partial charge in [-0.1, -0.05) is 50.6 Å². The number of benzene rings is 1. The number of carbonyl (C=O) groups excluding carboxylic acids is 2. The molecule has 2 N–H and O–H groups in total. The SMILES string of the molecule is CCC(C)C(C(=O)NCCNC(=O)c1ccco1)c1ccccc1. The van der Waals surface area contributed by atoms with Crippen LogP contribution in [0.5, 0.6) is 0 Å². The van der Waals surface area contributed by atoms with Crippen LogP contribution in [0.3, 0.4) is 0 Å². The predicted molar refractivity (Wildman–Crippen MR) is 92.7 cm³/mol. The molecule has 2 aromatic rings. The maximum Gasteiger partial charge on any atom is 0.287 e. The first-order valence-electron chi connectivity index (χ1n) is 8.27. The zero-order chi connectivity index (χ0) is 17.4. The van der Waals surface area contributed by atoms with Gasteiger partial charge in [-0.25, -0.2) is 0 Å². The van der Waals surface area contributed by atoms with Crippen LogP contribution in [0.4, 0.5) is 0 Å². The molecule has 1 aromatic heterocycles. The van der Waals surface area contributed by atoms with E-state index >= 15 is 0 Å². The third-order valence-electron chi connectivity index (χ3n) is 4.11. The van der Waals surface area contributed by atoms with E-state index in [0.717, 1.165) is 12.0 Å². The van der Waals surface area contributed by atoms with Gasteiger partial charge in [0.25, 0.3) is 5.91 Å². The largest absolute Gasteiger partial charge is 0.459 e. The molecule has 1 heterocycles. The van der Waals surface area contributed by atoms with Gasteiger partial charge >= 0.3 is 0 Å². The zero-order valence-electron chi connectivity index (χ0n) is 14.1. The maximum absolute atomic E-state index is 12.6. The molecule has 2 rings (SSSR count). The second-order valence-corrected chi connectivity index (χ2v) is 5.80. The van der Waals surface area contributed by atoms with Gasteiger partial charge in [0.1, 0.15) is 0 Å². The second kappa shape index (κ2) is 8.91. The summed E-state index contributed by atoms with van der Waals surface area (Å²) in [6.07, 6.45) is 2.37. The Bertz CT molecular complexity index is 638. The van der Waals surface area contributed by atoms with Gasteiger partial charge in [-0.15, -0.1) is 0 Å². The van der Waals surface area contributed by atoms with Crippen LogP contribution in [0.25, 0.3) is 0 Å². The molecule has 5 nitrogen and oxygen atoms in total. The van der Waals surface area contributed by atoms with Crippen LogP contribution in [0.1, 0.15) is 42.3 Å². The van der Waals surface area contributed by atoms with Crippen LogP contribution >= 0.6 is 0 Å². The summed E-state index contributed by atoms with van der Waals surface area (Å²) in [6, 6.07) is 13.1. The van der Waals surface area contributed by atoms with E-state index in [1.54, 1.807) is 12.1 Å². The molecule has 2 amide bonds. The molecule has 0 spiro atoms. The Hall–Kier alpha value is -2.56. The molecule has 2 atom stereocenters. The number of hydrogen-bond acceptors (Lipinski definition) is 3. The Labute approximate surface area is 142 Å². The third-order valence-corrected chi connectivity index (χ3v) is 4.11. The summed E-state index contributed by atoms with van der Waals surface area (Å²) in [7, 11) is 0. The molecule has 5 heteroatoms. The summed E-state index contributed by atoms with van der Waals surface area (Å²) in [5.74, 6) is 0.0313. The Kier molecular flexibility index (Phi) is 6.61. The molecule has 2 unspecified atom stereocenters. The Morgan fingerprint density at radius 2 is 1.75 bits per heavy atom. The molecule has 24 heavy (non-hydrogen) atoms. The summed E-state index contributed by atoms with van der Waals surface area (Å²) in [5, 5.41) is 5.63. The summed E-state index contributed by atoms with van der Waals surface area (Å²) >= 11 is 0. The van der Waals surface area contributed by atoms with Gasteiger partial charge in [-0.2, -0.15) is 0 Å². The quantitative estimate of drug-likeness (QED) is 0.732. The molecule has 0 aliphatic rings. The van der Waals surface area contributed by atoms with Crippen LogP contribution in [-0.4, -0.2) is 24.9 Å². The highest BCUT2D eigenvalue weighted by molar-refractivity contribution is 5.91. The molecule has 0 radical (unpaired) electrons. The van der Waals surface area contributed by atoms with Crippen molar-refractivity contribution in [2.24, 2.45) is 5.92 Å². The summed E-state index contributed by atoms with van der Waals surface area (Å²) in [5.41, 5.74) is 1.02. The van der Waals surface area contributed by atoms with E-state index in [1.807, 2.05) is 30.3 Å². The van der Waals surface area contributed by atoms with Crippen molar-refractivity contribution in [2.45, 2.75) is 26.2 Å². The number of rotatable bonds is 8. The number of hydrogen-bond donors (Lipinski definition) is 2. The molecule has 0 aliphatic heterocycles. The van der Waals surface area contributed by atoms with Gasteiger partial charge in [0, 0.05) is 13.1 Å². The van der Waals surface area contributed by atoms with Crippen molar-refractivity contribution in [1.29, 1.82) is 0 Å². The van der Waals surface area contributed by atoms with E-state index in [9.17, 15) is 9.59 Å². The Morgan fingerprint density at radius 1 is 1.04 bits per heavy atom. The lowest BCUT2D eigenvalue weighted by Gasteiger charge is -2.22. The van der Waals surface area contributed by atoms with Crippen molar-refractivity contribution in [3.8, 4) is 0 Å². The minimum absolute atomic E-state index is 0.0113. The van der Waals surface area contributed by atoms with E-state index in [-0.39, 0.29) is 29.4 Å². The average Bonchev–Trinajstić information content (AvgIpc) is 3.14.